The highest BCUT2D eigenvalue weighted by Crippen LogP contribution is 2.15. The number of carbonyl (C=O) groups is 1. The molecule has 118 valence electrons. The maximum atomic E-state index is 11.8. The largest absolute Gasteiger partial charge is 0.351 e. The van der Waals surface area contributed by atoms with Gasteiger partial charge in [-0.1, -0.05) is 11.3 Å². The second-order valence-corrected chi connectivity index (χ2v) is 4.22. The van der Waals surface area contributed by atoms with Crippen LogP contribution in [-0.2, 0) is 0 Å². The van der Waals surface area contributed by atoms with Gasteiger partial charge in [0.15, 0.2) is 5.69 Å². The van der Waals surface area contributed by atoms with Gasteiger partial charge in [0.25, 0.3) is 11.6 Å². The van der Waals surface area contributed by atoms with Gasteiger partial charge in [-0.05, 0) is 19.0 Å². The number of hydrogen-bond acceptors (Lipinski definition) is 6. The van der Waals surface area contributed by atoms with Crippen molar-refractivity contribution in [3.63, 3.8) is 0 Å². The maximum Gasteiger partial charge on any atom is 0.273 e. The number of aromatic nitrogens is 3. The quantitative estimate of drug-likeness (QED) is 0.456. The molecule has 3 N–H and O–H groups in total. The van der Waals surface area contributed by atoms with Crippen molar-refractivity contribution in [1.82, 2.24) is 20.3 Å². The van der Waals surface area contributed by atoms with E-state index in [1.54, 1.807) is 6.07 Å². The Bertz CT molecular complexity index is 660. The predicted molar refractivity (Wildman–Crippen MR) is 81.3 cm³/mol. The first kappa shape index (κ1) is 17.5. The first-order chi connectivity index (χ1) is 10.1. The predicted octanol–water partition coefficient (Wildman–Crippen LogP) is 0.676. The number of amides is 1. The normalized spacial score (nSPS) is 9.86. The Morgan fingerprint density at radius 3 is 2.91 bits per heavy atom. The van der Waals surface area contributed by atoms with Gasteiger partial charge in [0.05, 0.1) is 16.8 Å². The lowest BCUT2D eigenvalue weighted by molar-refractivity contribution is -0.384. The number of carbonyl (C=O) groups excluding carboxylic acids is 1. The van der Waals surface area contributed by atoms with Crippen LogP contribution in [0.3, 0.4) is 0 Å². The Kier molecular flexibility index (Phi) is 6.42. The summed E-state index contributed by atoms with van der Waals surface area (Å²) in [6, 6.07) is 5.90. The molecule has 0 radical (unpaired) electrons. The van der Waals surface area contributed by atoms with Crippen molar-refractivity contribution < 1.29 is 9.72 Å². The average Bonchev–Trinajstić information content (AvgIpc) is 2.97. The summed E-state index contributed by atoms with van der Waals surface area (Å²) >= 11 is 0. The topological polar surface area (TPSA) is 129 Å². The molecule has 1 aromatic heterocycles. The van der Waals surface area contributed by atoms with Crippen molar-refractivity contribution in [3.8, 4) is 5.69 Å². The van der Waals surface area contributed by atoms with Crippen LogP contribution in [0.25, 0.3) is 5.69 Å². The molecular formula is C12H15ClN6O3. The number of hydrogen-bond donors (Lipinski definition) is 2. The molecule has 0 atom stereocenters. The fourth-order valence-electron chi connectivity index (χ4n) is 1.64. The van der Waals surface area contributed by atoms with E-state index in [0.29, 0.717) is 25.2 Å². The summed E-state index contributed by atoms with van der Waals surface area (Å²) in [5.41, 5.74) is 5.87. The molecule has 1 amide bonds. The van der Waals surface area contributed by atoms with E-state index in [-0.39, 0.29) is 29.7 Å². The minimum absolute atomic E-state index is 0. The van der Waals surface area contributed by atoms with Gasteiger partial charge in [0, 0.05) is 18.7 Å². The molecule has 0 bridgehead atoms. The van der Waals surface area contributed by atoms with Crippen molar-refractivity contribution in [2.45, 2.75) is 6.42 Å². The third kappa shape index (κ3) is 4.24. The minimum Gasteiger partial charge on any atom is -0.351 e. The molecule has 0 fully saturated rings. The molecule has 0 aliphatic rings. The van der Waals surface area contributed by atoms with Crippen LogP contribution in [0.15, 0.2) is 30.5 Å². The van der Waals surface area contributed by atoms with Gasteiger partial charge in [0.2, 0.25) is 0 Å². The van der Waals surface area contributed by atoms with Crippen LogP contribution in [0.1, 0.15) is 16.9 Å². The Morgan fingerprint density at radius 2 is 2.23 bits per heavy atom. The van der Waals surface area contributed by atoms with Crippen LogP contribution in [0, 0.1) is 10.1 Å². The molecule has 9 nitrogen and oxygen atoms in total. The lowest BCUT2D eigenvalue weighted by Gasteiger charge is -2.00. The smallest absolute Gasteiger partial charge is 0.273 e. The van der Waals surface area contributed by atoms with E-state index in [2.05, 4.69) is 15.6 Å². The van der Waals surface area contributed by atoms with Crippen LogP contribution in [-0.4, -0.2) is 38.9 Å². The van der Waals surface area contributed by atoms with Crippen molar-refractivity contribution in [3.05, 3.63) is 46.3 Å². The third-order valence-corrected chi connectivity index (χ3v) is 2.70. The second kappa shape index (κ2) is 8.05. The number of non-ortho nitro benzene ring substituents is 1. The summed E-state index contributed by atoms with van der Waals surface area (Å²) in [5.74, 6) is -0.361. The lowest BCUT2D eigenvalue weighted by atomic mass is 10.3. The first-order valence-electron chi connectivity index (χ1n) is 6.27. The van der Waals surface area contributed by atoms with E-state index < -0.39 is 4.92 Å². The molecule has 1 aromatic carbocycles. The zero-order valence-corrected chi connectivity index (χ0v) is 12.3. The van der Waals surface area contributed by atoms with E-state index in [9.17, 15) is 14.9 Å². The number of nitro groups is 1. The van der Waals surface area contributed by atoms with Gasteiger partial charge >= 0.3 is 0 Å². The minimum atomic E-state index is -0.499. The van der Waals surface area contributed by atoms with Crippen LogP contribution in [0.2, 0.25) is 0 Å². The number of benzene rings is 1. The van der Waals surface area contributed by atoms with Gasteiger partial charge in [-0.2, -0.15) is 0 Å². The fraction of sp³-hybridized carbons (Fsp3) is 0.250. The maximum absolute atomic E-state index is 11.8. The molecule has 0 aliphatic heterocycles. The summed E-state index contributed by atoms with van der Waals surface area (Å²) in [6.07, 6.45) is 2.08. The van der Waals surface area contributed by atoms with E-state index in [0.717, 1.165) is 0 Å². The van der Waals surface area contributed by atoms with Crippen LogP contribution < -0.4 is 11.1 Å². The van der Waals surface area contributed by atoms with Gasteiger partial charge < -0.3 is 11.1 Å². The van der Waals surface area contributed by atoms with Crippen molar-refractivity contribution in [2.24, 2.45) is 5.73 Å². The zero-order valence-electron chi connectivity index (χ0n) is 11.5. The van der Waals surface area contributed by atoms with Crippen LogP contribution >= 0.6 is 12.4 Å². The van der Waals surface area contributed by atoms with Gasteiger partial charge in [-0.3, -0.25) is 14.9 Å². The van der Waals surface area contributed by atoms with E-state index in [4.69, 9.17) is 5.73 Å². The Hall–Kier alpha value is -2.52. The van der Waals surface area contributed by atoms with Crippen molar-refractivity contribution in [2.75, 3.05) is 13.1 Å². The number of nitro benzene ring substituents is 1. The number of nitrogens with two attached hydrogens (primary N) is 1. The van der Waals surface area contributed by atoms with Gasteiger partial charge in [-0.15, -0.1) is 17.5 Å². The van der Waals surface area contributed by atoms with Crippen LogP contribution in [0.4, 0.5) is 5.69 Å². The highest BCUT2D eigenvalue weighted by Gasteiger charge is 2.12. The summed E-state index contributed by atoms with van der Waals surface area (Å²) in [4.78, 5) is 22.0. The first-order valence-corrected chi connectivity index (χ1v) is 6.27. The third-order valence-electron chi connectivity index (χ3n) is 2.70. The Balaban J connectivity index is 0.00000242. The average molecular weight is 327 g/mol. The number of halogens is 1. The van der Waals surface area contributed by atoms with Crippen LogP contribution in [0.5, 0.6) is 0 Å². The summed E-state index contributed by atoms with van der Waals surface area (Å²) in [7, 11) is 0. The molecular weight excluding hydrogens is 312 g/mol. The SMILES string of the molecule is Cl.NCCCNC(=O)c1cn(-c2cccc([N+](=O)[O-])c2)nn1. The van der Waals surface area contributed by atoms with E-state index in [1.165, 1.54) is 29.1 Å². The molecule has 0 aliphatic carbocycles. The molecule has 0 unspecified atom stereocenters. The molecule has 2 rings (SSSR count). The Labute approximate surface area is 132 Å². The van der Waals surface area contributed by atoms with E-state index in [1.807, 2.05) is 0 Å². The summed E-state index contributed by atoms with van der Waals surface area (Å²) in [5, 5.41) is 20.9. The number of rotatable bonds is 6. The number of nitrogens with one attached hydrogen (secondary N) is 1. The molecule has 10 heteroatoms. The molecule has 0 spiro atoms. The molecule has 1 heterocycles. The zero-order chi connectivity index (χ0) is 15.2. The molecule has 0 saturated heterocycles. The van der Waals surface area contributed by atoms with E-state index >= 15 is 0 Å². The summed E-state index contributed by atoms with van der Waals surface area (Å²) in [6.45, 7) is 0.944. The van der Waals surface area contributed by atoms with Gasteiger partial charge in [-0.25, -0.2) is 4.68 Å². The molecule has 0 saturated carbocycles. The highest BCUT2D eigenvalue weighted by molar-refractivity contribution is 5.91. The monoisotopic (exact) mass is 326 g/mol. The Morgan fingerprint density at radius 1 is 1.45 bits per heavy atom. The molecule has 2 aromatic rings. The molecule has 22 heavy (non-hydrogen) atoms. The fourth-order valence-corrected chi connectivity index (χ4v) is 1.64. The van der Waals surface area contributed by atoms with Crippen molar-refractivity contribution >= 4 is 24.0 Å². The lowest BCUT2D eigenvalue weighted by Crippen LogP contribution is -2.26. The summed E-state index contributed by atoms with van der Waals surface area (Å²) < 4.78 is 1.31. The standard InChI is InChI=1S/C12H14N6O3.ClH/c13-5-2-6-14-12(19)11-8-17(16-15-11)9-3-1-4-10(7-9)18(20)21;/h1,3-4,7-8H,2,5-6,13H2,(H,14,19);1H. The van der Waals surface area contributed by atoms with Gasteiger partial charge in [0.1, 0.15) is 0 Å². The highest BCUT2D eigenvalue weighted by atomic mass is 35.5. The number of nitrogens with zero attached hydrogens (tertiary/aromatic N) is 4. The van der Waals surface area contributed by atoms with Crippen molar-refractivity contribution in [1.29, 1.82) is 0 Å². The second-order valence-electron chi connectivity index (χ2n) is 4.22.